The third-order valence-corrected chi connectivity index (χ3v) is 5.20. The Hall–Kier alpha value is -2.06. The fourth-order valence-electron chi connectivity index (χ4n) is 2.83. The van der Waals surface area contributed by atoms with E-state index in [0.717, 1.165) is 27.6 Å². The van der Waals surface area contributed by atoms with Gasteiger partial charge in [-0.25, -0.2) is 8.42 Å². The van der Waals surface area contributed by atoms with Crippen LogP contribution in [0, 0.1) is 6.92 Å². The molecule has 2 N–H and O–H groups in total. The smallest absolute Gasteiger partial charge is 0.251 e. The quantitative estimate of drug-likeness (QED) is 0.765. The molecule has 0 radical (unpaired) electrons. The minimum atomic E-state index is -3.42. The number of anilines is 1. The van der Waals surface area contributed by atoms with Crippen molar-refractivity contribution < 1.29 is 17.9 Å². The van der Waals surface area contributed by atoms with Crippen molar-refractivity contribution in [2.45, 2.75) is 19.4 Å². The second-order valence-corrected chi connectivity index (χ2v) is 8.91. The number of carbonyl (C=O) groups is 1. The molecule has 1 unspecified atom stereocenters. The van der Waals surface area contributed by atoms with Gasteiger partial charge < -0.3 is 10.1 Å². The highest BCUT2D eigenvalue weighted by molar-refractivity contribution is 9.10. The van der Waals surface area contributed by atoms with Crippen LogP contribution < -0.4 is 14.8 Å². The molecule has 1 heterocycles. The van der Waals surface area contributed by atoms with Crippen LogP contribution in [0.1, 0.15) is 33.9 Å². The summed E-state index contributed by atoms with van der Waals surface area (Å²) in [5, 5.41) is 3.01. The largest absolute Gasteiger partial charge is 0.493 e. The molecule has 138 valence electrons. The van der Waals surface area contributed by atoms with Crippen molar-refractivity contribution in [3.05, 3.63) is 57.6 Å². The van der Waals surface area contributed by atoms with E-state index in [2.05, 4.69) is 26.0 Å². The minimum Gasteiger partial charge on any atom is -0.493 e. The summed E-state index contributed by atoms with van der Waals surface area (Å²) in [4.78, 5) is 12.7. The van der Waals surface area contributed by atoms with Gasteiger partial charge in [-0.05, 0) is 42.8 Å². The zero-order valence-corrected chi connectivity index (χ0v) is 16.8. The molecule has 1 atom stereocenters. The molecule has 8 heteroatoms. The number of amides is 1. The maximum absolute atomic E-state index is 12.7. The molecule has 0 bridgehead atoms. The number of ether oxygens (including phenoxy) is 1. The Bertz CT molecular complexity index is 960. The Balaban J connectivity index is 1.84. The summed E-state index contributed by atoms with van der Waals surface area (Å²) in [6.07, 6.45) is 1.74. The molecule has 0 saturated heterocycles. The maximum Gasteiger partial charge on any atom is 0.251 e. The van der Waals surface area contributed by atoms with E-state index in [4.69, 9.17) is 4.74 Å². The van der Waals surface area contributed by atoms with Gasteiger partial charge in [0.1, 0.15) is 5.75 Å². The first-order chi connectivity index (χ1) is 12.2. The van der Waals surface area contributed by atoms with E-state index in [1.807, 2.05) is 18.2 Å². The Kier molecular flexibility index (Phi) is 5.24. The number of sulfonamides is 1. The molecule has 3 rings (SSSR count). The van der Waals surface area contributed by atoms with Crippen molar-refractivity contribution in [2.75, 3.05) is 17.6 Å². The van der Waals surface area contributed by atoms with E-state index in [1.54, 1.807) is 25.1 Å². The van der Waals surface area contributed by atoms with Crippen LogP contribution in [0.2, 0.25) is 0 Å². The van der Waals surface area contributed by atoms with Crippen LogP contribution in [0.5, 0.6) is 5.75 Å². The molecule has 26 heavy (non-hydrogen) atoms. The summed E-state index contributed by atoms with van der Waals surface area (Å²) in [5.41, 5.74) is 2.45. The summed E-state index contributed by atoms with van der Waals surface area (Å²) in [7, 11) is -3.42. The normalized spacial score (nSPS) is 16.3. The van der Waals surface area contributed by atoms with E-state index in [0.29, 0.717) is 24.3 Å². The van der Waals surface area contributed by atoms with E-state index in [1.165, 1.54) is 0 Å². The summed E-state index contributed by atoms with van der Waals surface area (Å²) >= 11 is 3.44. The fraction of sp³-hybridized carbons (Fsp3) is 0.278. The summed E-state index contributed by atoms with van der Waals surface area (Å²) in [6.45, 7) is 2.30. The molecule has 6 nitrogen and oxygen atoms in total. The number of hydrogen-bond acceptors (Lipinski definition) is 4. The molecule has 2 aromatic carbocycles. The number of fused-ring (bicyclic) bond motifs is 1. The Morgan fingerprint density at radius 2 is 2.00 bits per heavy atom. The van der Waals surface area contributed by atoms with E-state index < -0.39 is 10.0 Å². The van der Waals surface area contributed by atoms with Gasteiger partial charge in [-0.15, -0.1) is 0 Å². The number of halogens is 1. The third-order valence-electron chi connectivity index (χ3n) is 4.11. The van der Waals surface area contributed by atoms with Crippen molar-refractivity contribution in [1.82, 2.24) is 5.32 Å². The van der Waals surface area contributed by atoms with Gasteiger partial charge in [0.25, 0.3) is 5.91 Å². The first-order valence-electron chi connectivity index (χ1n) is 8.04. The zero-order valence-electron chi connectivity index (χ0n) is 14.4. The SMILES string of the molecule is Cc1ccc(C(=O)NC2CCOc3ccc(Br)cc32)cc1NS(C)(=O)=O. The van der Waals surface area contributed by atoms with Crippen molar-refractivity contribution in [1.29, 1.82) is 0 Å². The average Bonchev–Trinajstić information content (AvgIpc) is 2.56. The summed E-state index contributed by atoms with van der Waals surface area (Å²) in [5.74, 6) is 0.493. The predicted molar refractivity (Wildman–Crippen MR) is 104 cm³/mol. The van der Waals surface area contributed by atoms with Gasteiger partial charge in [-0.2, -0.15) is 0 Å². The van der Waals surface area contributed by atoms with Gasteiger partial charge in [-0.1, -0.05) is 22.0 Å². The van der Waals surface area contributed by atoms with E-state index in [9.17, 15) is 13.2 Å². The van der Waals surface area contributed by atoms with Crippen molar-refractivity contribution in [3.8, 4) is 5.75 Å². The summed E-state index contributed by atoms with van der Waals surface area (Å²) < 4.78 is 32.0. The fourth-order valence-corrected chi connectivity index (χ4v) is 3.83. The van der Waals surface area contributed by atoms with Crippen LogP contribution in [-0.2, 0) is 10.0 Å². The second-order valence-electron chi connectivity index (χ2n) is 6.25. The number of nitrogens with one attached hydrogen (secondary N) is 2. The summed E-state index contributed by atoms with van der Waals surface area (Å²) in [6, 6.07) is 10.5. The van der Waals surface area contributed by atoms with Crippen molar-refractivity contribution in [3.63, 3.8) is 0 Å². The number of rotatable bonds is 4. The standard InChI is InChI=1S/C18H19BrN2O4S/c1-11-3-4-12(9-16(11)21-26(2,23)24)18(22)20-15-7-8-25-17-6-5-13(19)10-14(15)17/h3-6,9-10,15,21H,7-8H2,1-2H3,(H,20,22). The van der Waals surface area contributed by atoms with Crippen LogP contribution in [0.3, 0.4) is 0 Å². The molecular formula is C18H19BrN2O4S. The van der Waals surface area contributed by atoms with Gasteiger partial charge in [0.2, 0.25) is 10.0 Å². The van der Waals surface area contributed by atoms with Gasteiger partial charge in [0.05, 0.1) is 24.6 Å². The highest BCUT2D eigenvalue weighted by atomic mass is 79.9. The molecular weight excluding hydrogens is 420 g/mol. The first kappa shape index (κ1) is 18.7. The Labute approximate surface area is 161 Å². The molecule has 1 aliphatic rings. The number of aryl methyl sites for hydroxylation is 1. The molecule has 0 spiro atoms. The Morgan fingerprint density at radius 1 is 1.23 bits per heavy atom. The topological polar surface area (TPSA) is 84.5 Å². The number of benzene rings is 2. The lowest BCUT2D eigenvalue weighted by atomic mass is 10.00. The third kappa shape index (κ3) is 4.37. The van der Waals surface area contributed by atoms with Crippen LogP contribution in [-0.4, -0.2) is 27.2 Å². The monoisotopic (exact) mass is 438 g/mol. The number of hydrogen-bond donors (Lipinski definition) is 2. The second kappa shape index (κ2) is 7.28. The van der Waals surface area contributed by atoms with Crippen LogP contribution in [0.25, 0.3) is 0 Å². The molecule has 0 fully saturated rings. The van der Waals surface area contributed by atoms with Crippen LogP contribution in [0.4, 0.5) is 5.69 Å². The van der Waals surface area contributed by atoms with E-state index >= 15 is 0 Å². The highest BCUT2D eigenvalue weighted by Crippen LogP contribution is 2.34. The molecule has 2 aromatic rings. The lowest BCUT2D eigenvalue weighted by Crippen LogP contribution is -2.32. The maximum atomic E-state index is 12.7. The van der Waals surface area contributed by atoms with Crippen LogP contribution >= 0.6 is 15.9 Å². The lowest BCUT2D eigenvalue weighted by Gasteiger charge is -2.27. The molecule has 1 aliphatic heterocycles. The van der Waals surface area contributed by atoms with E-state index in [-0.39, 0.29) is 11.9 Å². The molecule has 0 aromatic heterocycles. The highest BCUT2D eigenvalue weighted by Gasteiger charge is 2.24. The van der Waals surface area contributed by atoms with Gasteiger partial charge in [0.15, 0.2) is 0 Å². The Morgan fingerprint density at radius 3 is 2.73 bits per heavy atom. The van der Waals surface area contributed by atoms with Crippen LogP contribution in [0.15, 0.2) is 40.9 Å². The predicted octanol–water partition coefficient (Wildman–Crippen LogP) is 3.38. The molecule has 0 saturated carbocycles. The van der Waals surface area contributed by atoms with Crippen molar-refractivity contribution >= 4 is 37.5 Å². The average molecular weight is 439 g/mol. The van der Waals surface area contributed by atoms with Gasteiger partial charge in [0, 0.05) is 22.0 Å². The first-order valence-corrected chi connectivity index (χ1v) is 10.7. The zero-order chi connectivity index (χ0) is 18.9. The molecule has 0 aliphatic carbocycles. The van der Waals surface area contributed by atoms with Crippen molar-refractivity contribution in [2.24, 2.45) is 0 Å². The number of carbonyl (C=O) groups excluding carboxylic acids is 1. The minimum absolute atomic E-state index is 0.170. The lowest BCUT2D eigenvalue weighted by molar-refractivity contribution is 0.0925. The molecule has 1 amide bonds. The van der Waals surface area contributed by atoms with Gasteiger partial charge in [-0.3, -0.25) is 9.52 Å². The van der Waals surface area contributed by atoms with Gasteiger partial charge >= 0.3 is 0 Å².